The van der Waals surface area contributed by atoms with Gasteiger partial charge in [0.15, 0.2) is 0 Å². The standard InChI is InChI=1S/C13H19N3O3/c1-10-7-12(16(17)18)8-14-13(10)15-5-3-11(4-6-15)9-19-2/h7-8,11H,3-6,9H2,1-2H3. The summed E-state index contributed by atoms with van der Waals surface area (Å²) in [6.45, 7) is 4.54. The van der Waals surface area contributed by atoms with Crippen LogP contribution in [-0.4, -0.2) is 36.7 Å². The van der Waals surface area contributed by atoms with Crippen LogP contribution in [0.15, 0.2) is 12.3 Å². The Morgan fingerprint density at radius 3 is 2.74 bits per heavy atom. The second-order valence-electron chi connectivity index (χ2n) is 4.98. The molecule has 2 heterocycles. The summed E-state index contributed by atoms with van der Waals surface area (Å²) in [6.07, 6.45) is 3.49. The molecule has 2 rings (SSSR count). The minimum absolute atomic E-state index is 0.0514. The molecule has 0 amide bonds. The zero-order chi connectivity index (χ0) is 13.8. The summed E-state index contributed by atoms with van der Waals surface area (Å²) in [5.41, 5.74) is 0.912. The lowest BCUT2D eigenvalue weighted by molar-refractivity contribution is -0.385. The highest BCUT2D eigenvalue weighted by Crippen LogP contribution is 2.26. The van der Waals surface area contributed by atoms with Crippen LogP contribution in [0, 0.1) is 23.0 Å². The van der Waals surface area contributed by atoms with Crippen molar-refractivity contribution < 1.29 is 9.66 Å². The Hall–Kier alpha value is -1.69. The number of methoxy groups -OCH3 is 1. The summed E-state index contributed by atoms with van der Waals surface area (Å²) in [5.74, 6) is 1.47. The van der Waals surface area contributed by atoms with Gasteiger partial charge in [-0.2, -0.15) is 0 Å². The highest BCUT2D eigenvalue weighted by atomic mass is 16.6. The van der Waals surface area contributed by atoms with Crippen molar-refractivity contribution in [2.45, 2.75) is 19.8 Å². The Morgan fingerprint density at radius 1 is 1.53 bits per heavy atom. The summed E-state index contributed by atoms with van der Waals surface area (Å²) in [5, 5.41) is 10.7. The van der Waals surface area contributed by atoms with E-state index < -0.39 is 4.92 Å². The van der Waals surface area contributed by atoms with Gasteiger partial charge in [-0.05, 0) is 31.2 Å². The highest BCUT2D eigenvalue weighted by Gasteiger charge is 2.22. The molecule has 1 aromatic rings. The molecule has 0 unspecified atom stereocenters. The van der Waals surface area contributed by atoms with E-state index in [0.717, 1.165) is 43.9 Å². The van der Waals surface area contributed by atoms with Crippen molar-refractivity contribution in [3.05, 3.63) is 27.9 Å². The summed E-state index contributed by atoms with van der Waals surface area (Å²) in [6, 6.07) is 1.59. The second-order valence-corrected chi connectivity index (χ2v) is 4.98. The number of pyridine rings is 1. The fourth-order valence-electron chi connectivity index (χ4n) is 2.53. The molecule has 0 radical (unpaired) electrons. The molecular formula is C13H19N3O3. The molecule has 104 valence electrons. The van der Waals surface area contributed by atoms with Crippen molar-refractivity contribution in [2.24, 2.45) is 5.92 Å². The molecule has 0 saturated carbocycles. The van der Waals surface area contributed by atoms with E-state index in [2.05, 4.69) is 9.88 Å². The molecule has 1 fully saturated rings. The van der Waals surface area contributed by atoms with Crippen LogP contribution in [0.25, 0.3) is 0 Å². The van der Waals surface area contributed by atoms with E-state index in [9.17, 15) is 10.1 Å². The molecule has 6 nitrogen and oxygen atoms in total. The number of aromatic nitrogens is 1. The lowest BCUT2D eigenvalue weighted by atomic mass is 9.97. The molecule has 0 atom stereocenters. The Kier molecular flexibility index (Phi) is 4.31. The van der Waals surface area contributed by atoms with Gasteiger partial charge in [0, 0.05) is 32.9 Å². The third-order valence-corrected chi connectivity index (χ3v) is 3.56. The predicted molar refractivity (Wildman–Crippen MR) is 72.4 cm³/mol. The van der Waals surface area contributed by atoms with E-state index in [1.54, 1.807) is 13.2 Å². The van der Waals surface area contributed by atoms with Gasteiger partial charge in [0.05, 0.1) is 4.92 Å². The first-order chi connectivity index (χ1) is 9.11. The van der Waals surface area contributed by atoms with E-state index in [1.807, 2.05) is 6.92 Å². The molecular weight excluding hydrogens is 246 g/mol. The maximum absolute atomic E-state index is 10.7. The first-order valence-electron chi connectivity index (χ1n) is 6.46. The maximum atomic E-state index is 10.7. The van der Waals surface area contributed by atoms with Gasteiger partial charge < -0.3 is 9.64 Å². The van der Waals surface area contributed by atoms with Crippen LogP contribution in [0.2, 0.25) is 0 Å². The molecule has 1 aliphatic heterocycles. The van der Waals surface area contributed by atoms with Gasteiger partial charge in [0.2, 0.25) is 0 Å². The average molecular weight is 265 g/mol. The molecule has 0 spiro atoms. The first-order valence-corrected chi connectivity index (χ1v) is 6.46. The fourth-order valence-corrected chi connectivity index (χ4v) is 2.53. The number of ether oxygens (including phenoxy) is 1. The SMILES string of the molecule is COCC1CCN(c2ncc([N+](=O)[O-])cc2C)CC1. The minimum Gasteiger partial charge on any atom is -0.384 e. The van der Waals surface area contributed by atoms with E-state index in [-0.39, 0.29) is 5.69 Å². The monoisotopic (exact) mass is 265 g/mol. The number of piperidine rings is 1. The Labute approximate surface area is 112 Å². The molecule has 1 saturated heterocycles. The van der Waals surface area contributed by atoms with Crippen LogP contribution in [0.5, 0.6) is 0 Å². The Bertz CT molecular complexity index is 456. The van der Waals surface area contributed by atoms with Crippen molar-refractivity contribution in [3.8, 4) is 0 Å². The van der Waals surface area contributed by atoms with Crippen LogP contribution in [0.4, 0.5) is 11.5 Å². The van der Waals surface area contributed by atoms with E-state index >= 15 is 0 Å². The van der Waals surface area contributed by atoms with Crippen molar-refractivity contribution >= 4 is 11.5 Å². The van der Waals surface area contributed by atoms with Gasteiger partial charge in [-0.15, -0.1) is 0 Å². The highest BCUT2D eigenvalue weighted by molar-refractivity contribution is 5.50. The smallest absolute Gasteiger partial charge is 0.287 e. The zero-order valence-electron chi connectivity index (χ0n) is 11.3. The number of hydrogen-bond donors (Lipinski definition) is 0. The van der Waals surface area contributed by atoms with Crippen molar-refractivity contribution in [3.63, 3.8) is 0 Å². The first kappa shape index (κ1) is 13.7. The molecule has 19 heavy (non-hydrogen) atoms. The maximum Gasteiger partial charge on any atom is 0.287 e. The fraction of sp³-hybridized carbons (Fsp3) is 0.615. The molecule has 0 aliphatic carbocycles. The number of anilines is 1. The van der Waals surface area contributed by atoms with Crippen molar-refractivity contribution in [1.82, 2.24) is 4.98 Å². The number of nitro groups is 1. The van der Waals surface area contributed by atoms with Gasteiger partial charge in [0.25, 0.3) is 5.69 Å². The third-order valence-electron chi connectivity index (χ3n) is 3.56. The van der Waals surface area contributed by atoms with Crippen LogP contribution in [0.3, 0.4) is 0 Å². The van der Waals surface area contributed by atoms with Gasteiger partial charge in [0.1, 0.15) is 12.0 Å². The van der Waals surface area contributed by atoms with E-state index in [1.165, 1.54) is 6.20 Å². The predicted octanol–water partition coefficient (Wildman–Crippen LogP) is 2.16. The van der Waals surface area contributed by atoms with Crippen molar-refractivity contribution in [1.29, 1.82) is 0 Å². The normalized spacial score (nSPS) is 16.6. The molecule has 1 aliphatic rings. The summed E-state index contributed by atoms with van der Waals surface area (Å²) in [7, 11) is 1.73. The van der Waals surface area contributed by atoms with E-state index in [0.29, 0.717) is 5.92 Å². The lowest BCUT2D eigenvalue weighted by Crippen LogP contribution is -2.35. The van der Waals surface area contributed by atoms with Crippen LogP contribution < -0.4 is 4.90 Å². The number of aryl methyl sites for hydroxylation is 1. The Balaban J connectivity index is 2.05. The zero-order valence-corrected chi connectivity index (χ0v) is 11.3. The Morgan fingerprint density at radius 2 is 2.21 bits per heavy atom. The number of nitrogens with zero attached hydrogens (tertiary/aromatic N) is 3. The topological polar surface area (TPSA) is 68.5 Å². The van der Waals surface area contributed by atoms with Crippen molar-refractivity contribution in [2.75, 3.05) is 31.7 Å². The molecule has 0 aromatic carbocycles. The van der Waals surface area contributed by atoms with Crippen LogP contribution in [-0.2, 0) is 4.74 Å². The van der Waals surface area contributed by atoms with Gasteiger partial charge in [-0.25, -0.2) is 4.98 Å². The van der Waals surface area contributed by atoms with Gasteiger partial charge >= 0.3 is 0 Å². The summed E-state index contributed by atoms with van der Waals surface area (Å²) >= 11 is 0. The van der Waals surface area contributed by atoms with Gasteiger partial charge in [-0.1, -0.05) is 0 Å². The average Bonchev–Trinajstić information content (AvgIpc) is 2.40. The van der Waals surface area contributed by atoms with E-state index in [4.69, 9.17) is 4.74 Å². The largest absolute Gasteiger partial charge is 0.384 e. The molecule has 0 N–H and O–H groups in total. The van der Waals surface area contributed by atoms with Crippen LogP contribution >= 0.6 is 0 Å². The number of rotatable bonds is 4. The summed E-state index contributed by atoms with van der Waals surface area (Å²) < 4.78 is 5.18. The molecule has 6 heteroatoms. The second kappa shape index (κ2) is 5.97. The van der Waals surface area contributed by atoms with Crippen LogP contribution in [0.1, 0.15) is 18.4 Å². The lowest BCUT2D eigenvalue weighted by Gasteiger charge is -2.33. The van der Waals surface area contributed by atoms with Gasteiger partial charge in [-0.3, -0.25) is 10.1 Å². The molecule has 0 bridgehead atoms. The summed E-state index contributed by atoms with van der Waals surface area (Å²) in [4.78, 5) is 16.7. The quantitative estimate of drug-likeness (QED) is 0.616. The number of hydrogen-bond acceptors (Lipinski definition) is 5. The third kappa shape index (κ3) is 3.20. The molecule has 1 aromatic heterocycles. The minimum atomic E-state index is -0.408.